The number of ether oxygens (including phenoxy) is 1. The molecule has 1 aromatic rings. The molecule has 0 fully saturated rings. The number of hydrogen-bond donors (Lipinski definition) is 2. The Labute approximate surface area is 92.6 Å². The number of anilines is 2. The molecule has 0 saturated heterocycles. The smallest absolute Gasteiger partial charge is 0.255 e. The zero-order valence-electron chi connectivity index (χ0n) is 8.21. The third-order valence-electron chi connectivity index (χ3n) is 2.31. The first kappa shape index (κ1) is 10.3. The van der Waals surface area contributed by atoms with Crippen molar-refractivity contribution in [3.8, 4) is 0 Å². The van der Waals surface area contributed by atoms with Gasteiger partial charge in [-0.05, 0) is 12.1 Å². The van der Waals surface area contributed by atoms with Crippen LogP contribution in [0.5, 0.6) is 0 Å². The second-order valence-corrected chi connectivity index (χ2v) is 3.66. The van der Waals surface area contributed by atoms with Gasteiger partial charge in [-0.25, -0.2) is 0 Å². The molecule has 0 radical (unpaired) electrons. The van der Waals surface area contributed by atoms with Crippen molar-refractivity contribution in [2.75, 3.05) is 24.3 Å². The third kappa shape index (κ3) is 1.91. The van der Waals surface area contributed by atoms with Gasteiger partial charge in [0.05, 0.1) is 22.9 Å². The maximum atomic E-state index is 11.6. The van der Waals surface area contributed by atoms with Gasteiger partial charge in [0.25, 0.3) is 5.91 Å². The van der Waals surface area contributed by atoms with E-state index in [-0.39, 0.29) is 5.91 Å². The van der Waals surface area contributed by atoms with Gasteiger partial charge >= 0.3 is 0 Å². The Morgan fingerprint density at radius 2 is 2.33 bits per heavy atom. The molecule has 15 heavy (non-hydrogen) atoms. The molecule has 2 rings (SSSR count). The van der Waals surface area contributed by atoms with Gasteiger partial charge in [-0.3, -0.25) is 4.79 Å². The van der Waals surface area contributed by atoms with E-state index in [0.29, 0.717) is 17.3 Å². The van der Waals surface area contributed by atoms with Crippen LogP contribution < -0.4 is 10.6 Å². The fourth-order valence-electron chi connectivity index (χ4n) is 1.50. The van der Waals surface area contributed by atoms with E-state index in [1.54, 1.807) is 18.2 Å². The number of para-hydroxylation sites is 1. The fourth-order valence-corrected chi connectivity index (χ4v) is 1.74. The van der Waals surface area contributed by atoms with Crippen molar-refractivity contribution in [2.24, 2.45) is 0 Å². The lowest BCUT2D eigenvalue weighted by molar-refractivity contribution is -0.124. The maximum absolute atomic E-state index is 11.6. The molecule has 0 saturated carbocycles. The molecule has 1 aliphatic heterocycles. The number of halogens is 1. The number of nitrogens with one attached hydrogen (secondary N) is 2. The molecule has 1 amide bonds. The van der Waals surface area contributed by atoms with Crippen LogP contribution in [-0.4, -0.2) is 25.7 Å². The van der Waals surface area contributed by atoms with E-state index in [2.05, 4.69) is 10.6 Å². The van der Waals surface area contributed by atoms with Crippen molar-refractivity contribution >= 4 is 28.9 Å². The van der Waals surface area contributed by atoms with E-state index >= 15 is 0 Å². The van der Waals surface area contributed by atoms with Crippen LogP contribution in [0.25, 0.3) is 0 Å². The molecule has 5 heteroatoms. The van der Waals surface area contributed by atoms with E-state index in [4.69, 9.17) is 16.3 Å². The van der Waals surface area contributed by atoms with E-state index in [1.807, 2.05) is 0 Å². The average Bonchev–Trinajstić information content (AvgIpc) is 2.37. The number of rotatable bonds is 1. The predicted octanol–water partition coefficient (Wildman–Crippen LogP) is 1.72. The first-order valence-corrected chi connectivity index (χ1v) is 4.96. The quantitative estimate of drug-likeness (QED) is 0.767. The molecule has 1 unspecified atom stereocenters. The van der Waals surface area contributed by atoms with Crippen LogP contribution in [0.1, 0.15) is 0 Å². The van der Waals surface area contributed by atoms with Crippen molar-refractivity contribution in [2.45, 2.75) is 6.10 Å². The summed E-state index contributed by atoms with van der Waals surface area (Å²) in [6, 6.07) is 5.35. The summed E-state index contributed by atoms with van der Waals surface area (Å²) in [6.07, 6.45) is -0.492. The van der Waals surface area contributed by atoms with Gasteiger partial charge in [-0.15, -0.1) is 0 Å². The van der Waals surface area contributed by atoms with Crippen molar-refractivity contribution in [3.05, 3.63) is 23.2 Å². The Bertz CT molecular complexity index is 395. The van der Waals surface area contributed by atoms with Gasteiger partial charge in [-0.2, -0.15) is 0 Å². The average molecular weight is 227 g/mol. The van der Waals surface area contributed by atoms with Crippen molar-refractivity contribution in [1.29, 1.82) is 0 Å². The van der Waals surface area contributed by atoms with Crippen molar-refractivity contribution in [1.82, 2.24) is 0 Å². The molecule has 2 N–H and O–H groups in total. The van der Waals surface area contributed by atoms with E-state index in [0.717, 1.165) is 5.69 Å². The summed E-state index contributed by atoms with van der Waals surface area (Å²) in [5.41, 5.74) is 1.43. The summed E-state index contributed by atoms with van der Waals surface area (Å²) in [6.45, 7) is 0.416. The summed E-state index contributed by atoms with van der Waals surface area (Å²) in [5.74, 6) is -0.161. The highest BCUT2D eigenvalue weighted by atomic mass is 35.5. The third-order valence-corrected chi connectivity index (χ3v) is 2.63. The molecular formula is C10H11ClN2O2. The highest BCUT2D eigenvalue weighted by Crippen LogP contribution is 2.31. The van der Waals surface area contributed by atoms with Crippen LogP contribution in [0.4, 0.5) is 11.4 Å². The van der Waals surface area contributed by atoms with Crippen molar-refractivity contribution in [3.63, 3.8) is 0 Å². The SMILES string of the molecule is COC1CNc2c(Cl)cccc2NC1=O. The summed E-state index contributed by atoms with van der Waals surface area (Å²) >= 11 is 6.00. The standard InChI is InChI=1S/C10H11ClN2O2/c1-15-8-5-12-9-6(11)3-2-4-7(9)13-10(8)14/h2-4,8,12H,5H2,1H3,(H,13,14). The van der Waals surface area contributed by atoms with E-state index in [1.165, 1.54) is 7.11 Å². The number of carbonyl (C=O) groups excluding carboxylic acids is 1. The first-order valence-electron chi connectivity index (χ1n) is 4.58. The minimum atomic E-state index is -0.492. The normalized spacial score (nSPS) is 19.9. The number of methoxy groups -OCH3 is 1. The highest BCUT2D eigenvalue weighted by Gasteiger charge is 2.23. The van der Waals surface area contributed by atoms with Gasteiger partial charge in [0.1, 0.15) is 0 Å². The number of benzene rings is 1. The summed E-state index contributed by atoms with van der Waals surface area (Å²) < 4.78 is 5.04. The molecule has 1 aromatic carbocycles. The minimum Gasteiger partial charge on any atom is -0.379 e. The highest BCUT2D eigenvalue weighted by molar-refractivity contribution is 6.34. The van der Waals surface area contributed by atoms with Crippen LogP contribution in [0, 0.1) is 0 Å². The van der Waals surface area contributed by atoms with Gasteiger partial charge in [0.2, 0.25) is 0 Å². The molecule has 0 aromatic heterocycles. The molecule has 1 aliphatic rings. The van der Waals surface area contributed by atoms with Crippen LogP contribution in [-0.2, 0) is 9.53 Å². The maximum Gasteiger partial charge on any atom is 0.255 e. The fraction of sp³-hybridized carbons (Fsp3) is 0.300. The van der Waals surface area contributed by atoms with Crippen molar-refractivity contribution < 1.29 is 9.53 Å². The molecular weight excluding hydrogens is 216 g/mol. The Kier molecular flexibility index (Phi) is 2.79. The van der Waals surface area contributed by atoms with Crippen LogP contribution in [0.2, 0.25) is 5.02 Å². The Hall–Kier alpha value is -1.26. The van der Waals surface area contributed by atoms with E-state index < -0.39 is 6.10 Å². The predicted molar refractivity (Wildman–Crippen MR) is 59.4 cm³/mol. The monoisotopic (exact) mass is 226 g/mol. The number of carbonyl (C=O) groups is 1. The Balaban J connectivity index is 2.35. The zero-order valence-corrected chi connectivity index (χ0v) is 8.97. The number of amides is 1. The molecule has 4 nitrogen and oxygen atoms in total. The topological polar surface area (TPSA) is 50.4 Å². The summed E-state index contributed by atoms with van der Waals surface area (Å²) in [4.78, 5) is 11.6. The number of fused-ring (bicyclic) bond motifs is 1. The van der Waals surface area contributed by atoms with Gasteiger partial charge in [0, 0.05) is 7.11 Å². The van der Waals surface area contributed by atoms with Crippen LogP contribution >= 0.6 is 11.6 Å². The lowest BCUT2D eigenvalue weighted by Gasteiger charge is -2.10. The molecule has 1 heterocycles. The lowest BCUT2D eigenvalue weighted by atomic mass is 10.2. The first-order chi connectivity index (χ1) is 7.22. The second-order valence-electron chi connectivity index (χ2n) is 3.26. The zero-order chi connectivity index (χ0) is 10.8. The molecule has 0 spiro atoms. The van der Waals surface area contributed by atoms with Gasteiger partial charge in [0.15, 0.2) is 6.10 Å². The lowest BCUT2D eigenvalue weighted by Crippen LogP contribution is -2.32. The largest absolute Gasteiger partial charge is 0.379 e. The van der Waals surface area contributed by atoms with Gasteiger partial charge in [-0.1, -0.05) is 17.7 Å². The van der Waals surface area contributed by atoms with Gasteiger partial charge < -0.3 is 15.4 Å². The minimum absolute atomic E-state index is 0.161. The summed E-state index contributed by atoms with van der Waals surface area (Å²) in [7, 11) is 1.50. The molecule has 0 aliphatic carbocycles. The number of hydrogen-bond acceptors (Lipinski definition) is 3. The van der Waals surface area contributed by atoms with E-state index in [9.17, 15) is 4.79 Å². The second kappa shape index (κ2) is 4.08. The Morgan fingerprint density at radius 3 is 3.07 bits per heavy atom. The van der Waals surface area contributed by atoms with Crippen LogP contribution in [0.3, 0.4) is 0 Å². The molecule has 1 atom stereocenters. The molecule has 80 valence electrons. The van der Waals surface area contributed by atoms with Crippen LogP contribution in [0.15, 0.2) is 18.2 Å². The Morgan fingerprint density at radius 1 is 1.53 bits per heavy atom. The summed E-state index contributed by atoms with van der Waals surface area (Å²) in [5, 5.41) is 6.43. The molecule has 0 bridgehead atoms.